The van der Waals surface area contributed by atoms with E-state index in [-0.39, 0.29) is 18.4 Å². The molecule has 1 aliphatic heterocycles. The summed E-state index contributed by atoms with van der Waals surface area (Å²) in [5, 5.41) is 27.4. The van der Waals surface area contributed by atoms with Gasteiger partial charge in [-0.1, -0.05) is 6.42 Å². The van der Waals surface area contributed by atoms with Crippen LogP contribution in [-0.4, -0.2) is 49.5 Å². The second-order valence-electron chi connectivity index (χ2n) is 7.78. The van der Waals surface area contributed by atoms with Crippen LogP contribution in [0.25, 0.3) is 33.7 Å². The number of H-pyrrole nitrogens is 1. The predicted octanol–water partition coefficient (Wildman–Crippen LogP) is 3.94. The Bertz CT molecular complexity index is 1150. The fraction of sp³-hybridized carbons (Fsp3) is 0.304. The van der Waals surface area contributed by atoms with E-state index in [1.807, 2.05) is 36.4 Å². The fourth-order valence-electron chi connectivity index (χ4n) is 4.15. The number of furan rings is 1. The SMILES string of the molecule is OCC1CCCCN1Cc1ccc(-c2[nH]nc3nc(-c4ccc(O)cc4)ccc23)o1. The summed E-state index contributed by atoms with van der Waals surface area (Å²) in [6.45, 7) is 1.87. The number of benzene rings is 1. The van der Waals surface area contributed by atoms with Crippen LogP contribution in [0.4, 0.5) is 0 Å². The molecule has 1 atom stereocenters. The van der Waals surface area contributed by atoms with Crippen molar-refractivity contribution >= 4 is 11.0 Å². The minimum Gasteiger partial charge on any atom is -0.508 e. The number of nitrogens with one attached hydrogen (secondary N) is 1. The third-order valence-electron chi connectivity index (χ3n) is 5.81. The van der Waals surface area contributed by atoms with E-state index in [4.69, 9.17) is 4.42 Å². The molecular formula is C23H24N4O3. The average molecular weight is 404 g/mol. The first-order valence-corrected chi connectivity index (χ1v) is 10.3. The van der Waals surface area contributed by atoms with Crippen molar-refractivity contribution in [2.45, 2.75) is 31.8 Å². The third kappa shape index (κ3) is 3.58. The van der Waals surface area contributed by atoms with E-state index in [2.05, 4.69) is 20.1 Å². The Morgan fingerprint density at radius 1 is 1.07 bits per heavy atom. The summed E-state index contributed by atoms with van der Waals surface area (Å²) in [4.78, 5) is 6.94. The van der Waals surface area contributed by atoms with Crippen molar-refractivity contribution in [2.75, 3.05) is 13.2 Å². The van der Waals surface area contributed by atoms with Crippen LogP contribution in [0.2, 0.25) is 0 Å². The molecule has 1 aromatic carbocycles. The minimum atomic E-state index is 0.188. The lowest BCUT2D eigenvalue weighted by Crippen LogP contribution is -2.41. The van der Waals surface area contributed by atoms with Crippen molar-refractivity contribution in [1.82, 2.24) is 20.1 Å². The molecule has 0 spiro atoms. The Labute approximate surface area is 174 Å². The maximum atomic E-state index is 9.63. The van der Waals surface area contributed by atoms with E-state index in [9.17, 15) is 10.2 Å². The van der Waals surface area contributed by atoms with E-state index >= 15 is 0 Å². The lowest BCUT2D eigenvalue weighted by molar-refractivity contribution is 0.0785. The molecular weight excluding hydrogens is 380 g/mol. The molecule has 5 rings (SSSR count). The van der Waals surface area contributed by atoms with Gasteiger partial charge in [0.2, 0.25) is 0 Å². The Balaban J connectivity index is 1.39. The Hall–Kier alpha value is -3.16. The summed E-state index contributed by atoms with van der Waals surface area (Å²) >= 11 is 0. The second-order valence-corrected chi connectivity index (χ2v) is 7.78. The molecule has 0 amide bonds. The zero-order valence-electron chi connectivity index (χ0n) is 16.6. The zero-order valence-corrected chi connectivity index (χ0v) is 16.6. The monoisotopic (exact) mass is 404 g/mol. The van der Waals surface area contributed by atoms with Gasteiger partial charge in [-0.05, 0) is 67.9 Å². The number of nitrogens with zero attached hydrogens (tertiary/aromatic N) is 3. The minimum absolute atomic E-state index is 0.188. The summed E-state index contributed by atoms with van der Waals surface area (Å²) in [7, 11) is 0. The average Bonchev–Trinajstić information content (AvgIpc) is 3.41. The Morgan fingerprint density at radius 3 is 2.77 bits per heavy atom. The lowest BCUT2D eigenvalue weighted by atomic mass is 10.0. The summed E-state index contributed by atoms with van der Waals surface area (Å²) in [5.74, 6) is 1.83. The molecule has 4 heterocycles. The molecule has 7 nitrogen and oxygen atoms in total. The van der Waals surface area contributed by atoms with Crippen molar-refractivity contribution in [3.8, 4) is 28.5 Å². The molecule has 1 aliphatic rings. The molecule has 7 heteroatoms. The van der Waals surface area contributed by atoms with Gasteiger partial charge in [0.15, 0.2) is 11.4 Å². The molecule has 30 heavy (non-hydrogen) atoms. The summed E-state index contributed by atoms with van der Waals surface area (Å²) in [6.07, 6.45) is 3.36. The number of phenols is 1. The van der Waals surface area contributed by atoms with Gasteiger partial charge < -0.3 is 14.6 Å². The first-order chi connectivity index (χ1) is 14.7. The molecule has 3 aromatic heterocycles. The number of rotatable bonds is 5. The molecule has 0 aliphatic carbocycles. The van der Waals surface area contributed by atoms with Gasteiger partial charge in [0.1, 0.15) is 17.2 Å². The summed E-state index contributed by atoms with van der Waals surface area (Å²) in [6, 6.07) is 15.0. The topological polar surface area (TPSA) is 98.4 Å². The molecule has 3 N–H and O–H groups in total. The Morgan fingerprint density at radius 2 is 1.93 bits per heavy atom. The molecule has 154 valence electrons. The van der Waals surface area contributed by atoms with Crippen LogP contribution >= 0.6 is 0 Å². The van der Waals surface area contributed by atoms with Gasteiger partial charge in [0, 0.05) is 17.0 Å². The van der Waals surface area contributed by atoms with Crippen LogP contribution in [0, 0.1) is 0 Å². The lowest BCUT2D eigenvalue weighted by Gasteiger charge is -2.33. The molecule has 0 bridgehead atoms. The molecule has 1 saturated heterocycles. The van der Waals surface area contributed by atoms with Crippen molar-refractivity contribution in [2.24, 2.45) is 0 Å². The summed E-state index contributed by atoms with van der Waals surface area (Å²) < 4.78 is 6.11. The highest BCUT2D eigenvalue weighted by molar-refractivity contribution is 5.90. The second kappa shape index (κ2) is 7.93. The number of hydrogen-bond acceptors (Lipinski definition) is 6. The summed E-state index contributed by atoms with van der Waals surface area (Å²) in [5.41, 5.74) is 3.13. The van der Waals surface area contributed by atoms with Gasteiger partial charge in [-0.15, -0.1) is 0 Å². The first kappa shape index (κ1) is 18.8. The van der Waals surface area contributed by atoms with Crippen LogP contribution in [0.15, 0.2) is 52.9 Å². The molecule has 4 aromatic rings. The highest BCUT2D eigenvalue weighted by Gasteiger charge is 2.23. The standard InChI is InChI=1S/C23H24N4O3/c28-14-16-3-1-2-12-27(16)13-18-8-11-21(30-18)22-19-9-10-20(24-23(19)26-25-22)15-4-6-17(29)7-5-15/h4-11,16,28-29H,1-3,12-14H2,(H,24,25,26). The number of aromatic nitrogens is 3. The van der Waals surface area contributed by atoms with Gasteiger partial charge in [-0.2, -0.15) is 5.10 Å². The number of piperidine rings is 1. The number of likely N-dealkylation sites (tertiary alicyclic amines) is 1. The maximum absolute atomic E-state index is 9.63. The van der Waals surface area contributed by atoms with Gasteiger partial charge in [0.05, 0.1) is 18.8 Å². The van der Waals surface area contributed by atoms with Gasteiger partial charge >= 0.3 is 0 Å². The number of fused-ring (bicyclic) bond motifs is 1. The molecule has 0 saturated carbocycles. The molecule has 1 unspecified atom stereocenters. The van der Waals surface area contributed by atoms with E-state index in [0.29, 0.717) is 12.2 Å². The van der Waals surface area contributed by atoms with Crippen molar-refractivity contribution in [3.05, 3.63) is 54.3 Å². The number of aliphatic hydroxyl groups excluding tert-OH is 1. The van der Waals surface area contributed by atoms with Gasteiger partial charge in [-0.3, -0.25) is 10.00 Å². The first-order valence-electron chi connectivity index (χ1n) is 10.3. The maximum Gasteiger partial charge on any atom is 0.182 e. The van der Waals surface area contributed by atoms with Gasteiger partial charge in [0.25, 0.3) is 0 Å². The quantitative estimate of drug-likeness (QED) is 0.466. The number of phenolic OH excluding ortho intramolecular Hbond substituents is 1. The number of aromatic hydroxyl groups is 1. The number of hydrogen-bond donors (Lipinski definition) is 3. The highest BCUT2D eigenvalue weighted by Crippen LogP contribution is 2.30. The van der Waals surface area contributed by atoms with E-state index < -0.39 is 0 Å². The molecule has 1 fully saturated rings. The van der Waals surface area contributed by atoms with E-state index in [1.54, 1.807) is 12.1 Å². The van der Waals surface area contributed by atoms with Crippen LogP contribution in [0.1, 0.15) is 25.0 Å². The third-order valence-corrected chi connectivity index (χ3v) is 5.81. The van der Waals surface area contributed by atoms with Gasteiger partial charge in [-0.25, -0.2) is 4.98 Å². The van der Waals surface area contributed by atoms with Crippen molar-refractivity contribution < 1.29 is 14.6 Å². The normalized spacial score (nSPS) is 17.6. The Kier molecular flexibility index (Phi) is 4.98. The van der Waals surface area contributed by atoms with Crippen LogP contribution in [0.5, 0.6) is 5.75 Å². The largest absolute Gasteiger partial charge is 0.508 e. The number of aliphatic hydroxyl groups is 1. The number of pyridine rings is 1. The van der Waals surface area contributed by atoms with Crippen molar-refractivity contribution in [1.29, 1.82) is 0 Å². The van der Waals surface area contributed by atoms with E-state index in [0.717, 1.165) is 53.2 Å². The van der Waals surface area contributed by atoms with Crippen LogP contribution < -0.4 is 0 Å². The van der Waals surface area contributed by atoms with Crippen LogP contribution in [-0.2, 0) is 6.54 Å². The van der Waals surface area contributed by atoms with E-state index in [1.165, 1.54) is 6.42 Å². The predicted molar refractivity (Wildman–Crippen MR) is 114 cm³/mol. The van der Waals surface area contributed by atoms with Crippen molar-refractivity contribution in [3.63, 3.8) is 0 Å². The fourth-order valence-corrected chi connectivity index (χ4v) is 4.15. The molecule has 0 radical (unpaired) electrons. The van der Waals surface area contributed by atoms with Crippen LogP contribution in [0.3, 0.4) is 0 Å². The zero-order chi connectivity index (χ0) is 20.5. The smallest absolute Gasteiger partial charge is 0.182 e. The number of aromatic amines is 1. The highest BCUT2D eigenvalue weighted by atomic mass is 16.3.